The minimum atomic E-state index is -1.61. The van der Waals surface area contributed by atoms with Gasteiger partial charge in [-0.3, -0.25) is 9.36 Å². The fraction of sp³-hybridized carbons (Fsp3) is 0.417. The van der Waals surface area contributed by atoms with Crippen LogP contribution in [0.25, 0.3) is 11.0 Å². The molecule has 0 saturated carbocycles. The molecule has 0 spiro atoms. The van der Waals surface area contributed by atoms with Crippen LogP contribution in [0, 0.1) is 16.4 Å². The van der Waals surface area contributed by atoms with Crippen molar-refractivity contribution in [2.75, 3.05) is 6.61 Å². The van der Waals surface area contributed by atoms with Gasteiger partial charge < -0.3 is 25.0 Å². The Bertz CT molecular complexity index is 885. The van der Waals surface area contributed by atoms with E-state index < -0.39 is 48.3 Å². The molecular formula is C12H11F2N3O5S. The number of aromatic nitrogens is 3. The first kappa shape index (κ1) is 16.1. The van der Waals surface area contributed by atoms with Gasteiger partial charge in [-0.2, -0.15) is 4.39 Å². The molecule has 1 aliphatic rings. The van der Waals surface area contributed by atoms with Crippen molar-refractivity contribution in [1.29, 1.82) is 0 Å². The van der Waals surface area contributed by atoms with E-state index in [1.807, 2.05) is 4.98 Å². The van der Waals surface area contributed by atoms with Crippen molar-refractivity contribution < 1.29 is 28.8 Å². The molecule has 1 saturated heterocycles. The second-order valence-electron chi connectivity index (χ2n) is 5.00. The fourth-order valence-electron chi connectivity index (χ4n) is 2.40. The van der Waals surface area contributed by atoms with Gasteiger partial charge in [-0.1, -0.05) is 0 Å². The minimum absolute atomic E-state index is 0.200. The first-order valence-electron chi connectivity index (χ1n) is 6.47. The molecule has 4 unspecified atom stereocenters. The number of aliphatic hydroxyl groups excluding tert-OH is 3. The number of aromatic amines is 1. The highest BCUT2D eigenvalue weighted by atomic mass is 32.1. The minimum Gasteiger partial charge on any atom is -0.394 e. The lowest BCUT2D eigenvalue weighted by molar-refractivity contribution is -0.0539. The number of ether oxygens (including phenoxy) is 1. The molecule has 4 atom stereocenters. The quantitative estimate of drug-likeness (QED) is 0.533. The van der Waals surface area contributed by atoms with Crippen molar-refractivity contribution in [2.45, 2.75) is 24.5 Å². The highest BCUT2D eigenvalue weighted by molar-refractivity contribution is 7.71. The summed E-state index contributed by atoms with van der Waals surface area (Å²) in [5.41, 5.74) is -1.54. The highest BCUT2D eigenvalue weighted by Crippen LogP contribution is 2.30. The van der Waals surface area contributed by atoms with Crippen LogP contribution in [-0.2, 0) is 4.74 Å². The maximum atomic E-state index is 13.9. The molecule has 0 radical (unpaired) electrons. The first-order valence-corrected chi connectivity index (χ1v) is 6.88. The first-order chi connectivity index (χ1) is 10.8. The third kappa shape index (κ3) is 2.46. The van der Waals surface area contributed by atoms with E-state index in [0.29, 0.717) is 0 Å². The SMILES string of the molecule is O=c1[nH]c2nc(=S)n(C3OC(CO)C(O)C3O)cc2c(F)c1F. The maximum Gasteiger partial charge on any atom is 0.288 e. The molecule has 3 rings (SSSR count). The molecule has 1 fully saturated rings. The summed E-state index contributed by atoms with van der Waals surface area (Å²) in [6, 6.07) is 0. The molecule has 0 bridgehead atoms. The summed E-state index contributed by atoms with van der Waals surface area (Å²) in [7, 11) is 0. The predicted octanol–water partition coefficient (Wildman–Crippen LogP) is -0.656. The lowest BCUT2D eigenvalue weighted by atomic mass is 10.1. The zero-order valence-electron chi connectivity index (χ0n) is 11.3. The van der Waals surface area contributed by atoms with Gasteiger partial charge in [-0.25, -0.2) is 9.37 Å². The zero-order chi connectivity index (χ0) is 16.9. The van der Waals surface area contributed by atoms with Crippen LogP contribution in [0.1, 0.15) is 6.23 Å². The van der Waals surface area contributed by atoms with Gasteiger partial charge in [0.2, 0.25) is 10.6 Å². The second kappa shape index (κ2) is 5.69. The molecule has 23 heavy (non-hydrogen) atoms. The molecule has 2 aromatic rings. The summed E-state index contributed by atoms with van der Waals surface area (Å²) in [4.78, 5) is 17.0. The van der Waals surface area contributed by atoms with Crippen molar-refractivity contribution >= 4 is 23.3 Å². The standard InChI is InChI=1S/C12H11F2N3O5S/c13-5-3-1-17(11-8(20)7(19)4(2-18)22-11)12(23)16-9(3)15-10(21)6(5)14/h1,4,7-8,11,18-20H,2H2,(H,15,16,21,23). The Kier molecular flexibility index (Phi) is 3.98. The molecule has 0 aliphatic carbocycles. The van der Waals surface area contributed by atoms with E-state index in [1.165, 1.54) is 0 Å². The van der Waals surface area contributed by atoms with E-state index in [1.54, 1.807) is 0 Å². The molecule has 3 heterocycles. The third-order valence-corrected chi connectivity index (χ3v) is 3.91. The summed E-state index contributed by atoms with van der Waals surface area (Å²) in [6.45, 7) is -0.556. The lowest BCUT2D eigenvalue weighted by Gasteiger charge is -2.18. The Balaban J connectivity index is 2.18. The number of nitrogens with zero attached hydrogens (tertiary/aromatic N) is 2. The molecule has 0 amide bonds. The van der Waals surface area contributed by atoms with Crippen LogP contribution >= 0.6 is 12.2 Å². The smallest absolute Gasteiger partial charge is 0.288 e. The normalized spacial score (nSPS) is 27.7. The van der Waals surface area contributed by atoms with Gasteiger partial charge in [0.15, 0.2) is 12.0 Å². The van der Waals surface area contributed by atoms with Crippen LogP contribution in [0.5, 0.6) is 0 Å². The second-order valence-corrected chi connectivity index (χ2v) is 5.37. The predicted molar refractivity (Wildman–Crippen MR) is 74.1 cm³/mol. The summed E-state index contributed by atoms with van der Waals surface area (Å²) < 4.78 is 33.4. The average Bonchev–Trinajstić information content (AvgIpc) is 2.80. The molecule has 1 aliphatic heterocycles. The van der Waals surface area contributed by atoms with Crippen LogP contribution in [0.15, 0.2) is 11.0 Å². The molecule has 8 nitrogen and oxygen atoms in total. The molecule has 4 N–H and O–H groups in total. The van der Waals surface area contributed by atoms with Crippen LogP contribution in [0.3, 0.4) is 0 Å². The van der Waals surface area contributed by atoms with Gasteiger partial charge in [0.05, 0.1) is 12.0 Å². The zero-order valence-corrected chi connectivity index (χ0v) is 12.1. The third-order valence-electron chi connectivity index (χ3n) is 3.60. The largest absolute Gasteiger partial charge is 0.394 e. The topological polar surface area (TPSA) is 121 Å². The lowest BCUT2D eigenvalue weighted by Crippen LogP contribution is -2.33. The number of nitrogens with one attached hydrogen (secondary N) is 1. The average molecular weight is 347 g/mol. The maximum absolute atomic E-state index is 13.9. The van der Waals surface area contributed by atoms with E-state index in [2.05, 4.69) is 4.98 Å². The number of H-pyrrole nitrogens is 1. The van der Waals surface area contributed by atoms with Crippen LogP contribution in [-0.4, -0.2) is 54.8 Å². The molecule has 0 aromatic carbocycles. The van der Waals surface area contributed by atoms with E-state index in [9.17, 15) is 23.8 Å². The molecule has 11 heteroatoms. The van der Waals surface area contributed by atoms with Crippen LogP contribution in [0.4, 0.5) is 8.78 Å². The summed E-state index contributed by atoms with van der Waals surface area (Å²) in [5, 5.41) is 28.4. The van der Waals surface area contributed by atoms with E-state index >= 15 is 0 Å². The fourth-order valence-corrected chi connectivity index (χ4v) is 2.65. The Morgan fingerprint density at radius 1 is 1.35 bits per heavy atom. The highest BCUT2D eigenvalue weighted by Gasteiger charge is 2.43. The monoisotopic (exact) mass is 347 g/mol. The van der Waals surface area contributed by atoms with Gasteiger partial charge in [0.1, 0.15) is 24.0 Å². The Morgan fingerprint density at radius 2 is 2.04 bits per heavy atom. The number of rotatable bonds is 2. The van der Waals surface area contributed by atoms with Crippen molar-refractivity contribution in [3.8, 4) is 0 Å². The molecule has 2 aromatic heterocycles. The number of pyridine rings is 1. The van der Waals surface area contributed by atoms with E-state index in [4.69, 9.17) is 22.1 Å². The Labute approximate surface area is 131 Å². The van der Waals surface area contributed by atoms with Crippen molar-refractivity contribution in [3.63, 3.8) is 0 Å². The van der Waals surface area contributed by atoms with E-state index in [0.717, 1.165) is 10.8 Å². The van der Waals surface area contributed by atoms with Gasteiger partial charge >= 0.3 is 0 Å². The summed E-state index contributed by atoms with van der Waals surface area (Å²) in [6.07, 6.45) is -4.15. The van der Waals surface area contributed by atoms with Crippen LogP contribution in [0.2, 0.25) is 0 Å². The Morgan fingerprint density at radius 3 is 2.65 bits per heavy atom. The van der Waals surface area contributed by atoms with Crippen LogP contribution < -0.4 is 5.56 Å². The summed E-state index contributed by atoms with van der Waals surface area (Å²) in [5.74, 6) is -3.03. The van der Waals surface area contributed by atoms with Crippen molar-refractivity contribution in [2.24, 2.45) is 0 Å². The number of hydrogen-bond acceptors (Lipinski definition) is 7. The molecular weight excluding hydrogens is 336 g/mol. The van der Waals surface area contributed by atoms with Crippen molar-refractivity contribution in [1.82, 2.24) is 14.5 Å². The van der Waals surface area contributed by atoms with Gasteiger partial charge in [0.25, 0.3) is 5.56 Å². The Hall–Kier alpha value is -1.79. The van der Waals surface area contributed by atoms with Crippen molar-refractivity contribution in [3.05, 3.63) is 33.0 Å². The van der Waals surface area contributed by atoms with Gasteiger partial charge in [-0.05, 0) is 12.2 Å². The van der Waals surface area contributed by atoms with Gasteiger partial charge in [-0.15, -0.1) is 0 Å². The summed E-state index contributed by atoms with van der Waals surface area (Å²) >= 11 is 4.98. The van der Waals surface area contributed by atoms with E-state index in [-0.39, 0.29) is 15.8 Å². The molecule has 124 valence electrons. The number of halogens is 2. The number of hydrogen-bond donors (Lipinski definition) is 4. The van der Waals surface area contributed by atoms with Gasteiger partial charge in [0, 0.05) is 6.20 Å². The number of fused-ring (bicyclic) bond motifs is 1. The number of aliphatic hydroxyl groups is 3.